The van der Waals surface area contributed by atoms with Gasteiger partial charge in [0.25, 0.3) is 0 Å². The zero-order chi connectivity index (χ0) is 14.7. The van der Waals surface area contributed by atoms with E-state index in [-0.39, 0.29) is 6.03 Å². The lowest BCUT2D eigenvalue weighted by Crippen LogP contribution is -2.48. The molecule has 0 spiro atoms. The van der Waals surface area contributed by atoms with Crippen LogP contribution in [0.25, 0.3) is 0 Å². The summed E-state index contributed by atoms with van der Waals surface area (Å²) < 4.78 is 0. The molecule has 114 valence electrons. The molecule has 0 saturated carbocycles. The summed E-state index contributed by atoms with van der Waals surface area (Å²) in [7, 11) is 0. The van der Waals surface area contributed by atoms with Gasteiger partial charge in [0.05, 0.1) is 5.69 Å². The van der Waals surface area contributed by atoms with Gasteiger partial charge in [0.2, 0.25) is 0 Å². The number of urea groups is 1. The lowest BCUT2D eigenvalue weighted by molar-refractivity contribution is 0.192. The number of carbonyl (C=O) groups excluding carboxylic acids is 1. The Morgan fingerprint density at radius 2 is 1.95 bits per heavy atom. The van der Waals surface area contributed by atoms with Crippen LogP contribution in [0.5, 0.6) is 0 Å². The number of likely N-dealkylation sites (tertiary alicyclic amines) is 1. The van der Waals surface area contributed by atoms with E-state index in [9.17, 15) is 4.79 Å². The molecule has 1 fully saturated rings. The first kappa shape index (κ1) is 14.4. The molecule has 1 aromatic rings. The molecule has 0 bridgehead atoms. The summed E-state index contributed by atoms with van der Waals surface area (Å²) in [6, 6.07) is 8.90. The number of fused-ring (bicyclic) bond motifs is 1. The monoisotopic (exact) mass is 287 g/mol. The first-order valence-corrected chi connectivity index (χ1v) is 8.20. The van der Waals surface area contributed by atoms with E-state index in [2.05, 4.69) is 30.4 Å². The van der Waals surface area contributed by atoms with Crippen LogP contribution in [0.4, 0.5) is 10.5 Å². The quantitative estimate of drug-likeness (QED) is 0.907. The number of amides is 2. The van der Waals surface area contributed by atoms with Crippen LogP contribution in [0.1, 0.15) is 44.2 Å². The van der Waals surface area contributed by atoms with Gasteiger partial charge in [-0.25, -0.2) is 4.79 Å². The maximum absolute atomic E-state index is 12.8. The minimum atomic E-state index is 0.192. The highest BCUT2D eigenvalue weighted by molar-refractivity contribution is 5.93. The lowest BCUT2D eigenvalue weighted by Gasteiger charge is -2.38. The number of para-hydroxylation sites is 1. The van der Waals surface area contributed by atoms with Crippen molar-refractivity contribution < 1.29 is 4.79 Å². The Balaban J connectivity index is 1.83. The number of carbonyl (C=O) groups is 1. The highest BCUT2D eigenvalue weighted by Gasteiger charge is 2.30. The van der Waals surface area contributed by atoms with E-state index in [1.165, 1.54) is 12.0 Å². The molecule has 1 atom stereocenters. The number of benzene rings is 1. The van der Waals surface area contributed by atoms with Crippen molar-refractivity contribution >= 4 is 11.7 Å². The molecule has 1 N–H and O–H groups in total. The highest BCUT2D eigenvalue weighted by Crippen LogP contribution is 2.34. The molecule has 2 aliphatic heterocycles. The molecule has 0 radical (unpaired) electrons. The summed E-state index contributed by atoms with van der Waals surface area (Å²) in [6.07, 6.45) is 4.52. The molecule has 1 unspecified atom stereocenters. The molecule has 0 aromatic heterocycles. The van der Waals surface area contributed by atoms with Gasteiger partial charge in [0, 0.05) is 25.7 Å². The van der Waals surface area contributed by atoms with Crippen molar-refractivity contribution in [2.45, 2.75) is 38.6 Å². The second-order valence-electron chi connectivity index (χ2n) is 5.94. The summed E-state index contributed by atoms with van der Waals surface area (Å²) >= 11 is 0. The zero-order valence-corrected chi connectivity index (χ0v) is 12.8. The fourth-order valence-corrected chi connectivity index (χ4v) is 3.48. The molecule has 1 saturated heterocycles. The topological polar surface area (TPSA) is 35.6 Å². The van der Waals surface area contributed by atoms with E-state index >= 15 is 0 Å². The van der Waals surface area contributed by atoms with Crippen LogP contribution < -0.4 is 10.2 Å². The van der Waals surface area contributed by atoms with Gasteiger partial charge in [-0.05, 0) is 43.9 Å². The van der Waals surface area contributed by atoms with Crippen molar-refractivity contribution in [1.29, 1.82) is 0 Å². The molecule has 4 heteroatoms. The van der Waals surface area contributed by atoms with Crippen molar-refractivity contribution in [2.75, 3.05) is 31.1 Å². The minimum Gasteiger partial charge on any atom is -0.324 e. The molecule has 2 amide bonds. The first-order valence-electron chi connectivity index (χ1n) is 8.20. The van der Waals surface area contributed by atoms with Gasteiger partial charge >= 0.3 is 6.03 Å². The summed E-state index contributed by atoms with van der Waals surface area (Å²) in [6.45, 7) is 5.72. The average molecular weight is 287 g/mol. The minimum absolute atomic E-state index is 0.192. The Hall–Kier alpha value is -1.55. The van der Waals surface area contributed by atoms with Crippen molar-refractivity contribution in [3.8, 4) is 0 Å². The van der Waals surface area contributed by atoms with E-state index in [0.717, 1.165) is 51.1 Å². The molecule has 21 heavy (non-hydrogen) atoms. The Labute approximate surface area is 127 Å². The molecule has 1 aromatic carbocycles. The van der Waals surface area contributed by atoms with Crippen molar-refractivity contribution in [3.05, 3.63) is 29.8 Å². The maximum Gasteiger partial charge on any atom is 0.324 e. The summed E-state index contributed by atoms with van der Waals surface area (Å²) in [5.41, 5.74) is 2.35. The van der Waals surface area contributed by atoms with Crippen LogP contribution in [-0.4, -0.2) is 37.1 Å². The van der Waals surface area contributed by atoms with Crippen LogP contribution in [0.15, 0.2) is 24.3 Å². The fourth-order valence-electron chi connectivity index (χ4n) is 3.48. The van der Waals surface area contributed by atoms with Crippen LogP contribution in [-0.2, 0) is 0 Å². The predicted molar refractivity (Wildman–Crippen MR) is 85.6 cm³/mol. The third-order valence-corrected chi connectivity index (χ3v) is 4.55. The van der Waals surface area contributed by atoms with E-state index in [1.54, 1.807) is 0 Å². The second kappa shape index (κ2) is 6.48. The third kappa shape index (κ3) is 2.91. The highest BCUT2D eigenvalue weighted by atomic mass is 16.2. The standard InChI is InChI=1S/C17H25N3O/c1-2-18-15-10-13-20(16-9-5-4-8-14(15)16)17(21)19-11-6-3-7-12-19/h4-5,8-9,15,18H,2-3,6-7,10-13H2,1H3. The Morgan fingerprint density at radius 3 is 2.71 bits per heavy atom. The Kier molecular flexibility index (Phi) is 4.44. The van der Waals surface area contributed by atoms with Gasteiger partial charge < -0.3 is 10.2 Å². The van der Waals surface area contributed by atoms with E-state index in [1.807, 2.05) is 15.9 Å². The van der Waals surface area contributed by atoms with Crippen LogP contribution in [0, 0.1) is 0 Å². The second-order valence-corrected chi connectivity index (χ2v) is 5.94. The molecule has 4 nitrogen and oxygen atoms in total. The molecule has 2 heterocycles. The Morgan fingerprint density at radius 1 is 1.19 bits per heavy atom. The van der Waals surface area contributed by atoms with E-state index in [0.29, 0.717) is 6.04 Å². The van der Waals surface area contributed by atoms with E-state index in [4.69, 9.17) is 0 Å². The van der Waals surface area contributed by atoms with Gasteiger partial charge in [0.15, 0.2) is 0 Å². The van der Waals surface area contributed by atoms with Crippen molar-refractivity contribution in [2.24, 2.45) is 0 Å². The number of hydrogen-bond donors (Lipinski definition) is 1. The SMILES string of the molecule is CCNC1CCN(C(=O)N2CCCCC2)c2ccccc21. The zero-order valence-electron chi connectivity index (χ0n) is 12.8. The van der Waals surface area contributed by atoms with Gasteiger partial charge in [0.1, 0.15) is 0 Å². The summed E-state index contributed by atoms with van der Waals surface area (Å²) in [5.74, 6) is 0. The van der Waals surface area contributed by atoms with Crippen LogP contribution in [0.3, 0.4) is 0 Å². The van der Waals surface area contributed by atoms with Crippen molar-refractivity contribution in [3.63, 3.8) is 0 Å². The molecular formula is C17H25N3O. The summed E-state index contributed by atoms with van der Waals surface area (Å²) in [5, 5.41) is 3.53. The third-order valence-electron chi connectivity index (χ3n) is 4.55. The lowest BCUT2D eigenvalue weighted by atomic mass is 9.96. The first-order chi connectivity index (χ1) is 10.3. The number of hydrogen-bond acceptors (Lipinski definition) is 2. The fraction of sp³-hybridized carbons (Fsp3) is 0.588. The number of piperidine rings is 1. The maximum atomic E-state index is 12.8. The van der Waals surface area contributed by atoms with Crippen molar-refractivity contribution in [1.82, 2.24) is 10.2 Å². The number of rotatable bonds is 2. The predicted octanol–water partition coefficient (Wildman–Crippen LogP) is 3.15. The normalized spacial score (nSPS) is 22.0. The van der Waals surface area contributed by atoms with Gasteiger partial charge in [-0.1, -0.05) is 25.1 Å². The Bertz CT molecular complexity index is 497. The van der Waals surface area contributed by atoms with Crippen LogP contribution >= 0.6 is 0 Å². The van der Waals surface area contributed by atoms with E-state index < -0.39 is 0 Å². The number of anilines is 1. The van der Waals surface area contributed by atoms with Gasteiger partial charge in [-0.15, -0.1) is 0 Å². The van der Waals surface area contributed by atoms with Crippen LogP contribution in [0.2, 0.25) is 0 Å². The molecular weight excluding hydrogens is 262 g/mol. The van der Waals surface area contributed by atoms with Gasteiger partial charge in [-0.2, -0.15) is 0 Å². The summed E-state index contributed by atoms with van der Waals surface area (Å²) in [4.78, 5) is 16.8. The number of nitrogens with one attached hydrogen (secondary N) is 1. The average Bonchev–Trinajstić information content (AvgIpc) is 2.56. The molecule has 0 aliphatic carbocycles. The number of nitrogens with zero attached hydrogens (tertiary/aromatic N) is 2. The smallest absolute Gasteiger partial charge is 0.324 e. The molecule has 2 aliphatic rings. The largest absolute Gasteiger partial charge is 0.324 e. The van der Waals surface area contributed by atoms with Gasteiger partial charge in [-0.3, -0.25) is 4.90 Å². The molecule has 3 rings (SSSR count).